The van der Waals surface area contributed by atoms with Gasteiger partial charge >= 0.3 is 0 Å². The maximum absolute atomic E-state index is 12.2. The van der Waals surface area contributed by atoms with Crippen molar-refractivity contribution in [1.29, 1.82) is 0 Å². The third-order valence-corrected chi connectivity index (χ3v) is 3.64. The van der Waals surface area contributed by atoms with Crippen LogP contribution in [-0.2, 0) is 7.05 Å². The van der Waals surface area contributed by atoms with Gasteiger partial charge in [0.25, 0.3) is 5.91 Å². The lowest BCUT2D eigenvalue weighted by molar-refractivity contribution is 0.0730. The highest BCUT2D eigenvalue weighted by molar-refractivity contribution is 5.92. The van der Waals surface area contributed by atoms with Gasteiger partial charge in [-0.2, -0.15) is 5.10 Å². The van der Waals surface area contributed by atoms with Gasteiger partial charge in [0.15, 0.2) is 0 Å². The number of amides is 1. The van der Waals surface area contributed by atoms with Crippen LogP contribution in [0.25, 0.3) is 0 Å². The molecule has 0 aliphatic carbocycles. The van der Waals surface area contributed by atoms with E-state index in [0.717, 1.165) is 26.1 Å². The van der Waals surface area contributed by atoms with Crippen molar-refractivity contribution in [3.05, 3.63) is 18.0 Å². The molecule has 0 unspecified atom stereocenters. The Balaban J connectivity index is 1.80. The SMILES string of the molecule is Cn1ccc(C(=O)N2CC[C@H]3CNC[C@H]32)n1. The van der Waals surface area contributed by atoms with Crippen LogP contribution in [0, 0.1) is 5.92 Å². The van der Waals surface area contributed by atoms with E-state index in [-0.39, 0.29) is 5.91 Å². The predicted octanol–water partition coefficient (Wildman–Crippen LogP) is -0.146. The number of aromatic nitrogens is 2. The fourth-order valence-electron chi connectivity index (χ4n) is 2.78. The van der Waals surface area contributed by atoms with E-state index in [1.807, 2.05) is 18.1 Å². The molecule has 1 aromatic heterocycles. The Morgan fingerprint density at radius 1 is 1.56 bits per heavy atom. The highest BCUT2D eigenvalue weighted by Gasteiger charge is 2.40. The molecule has 1 aromatic rings. The number of hydrogen-bond acceptors (Lipinski definition) is 3. The molecular weight excluding hydrogens is 204 g/mol. The first-order valence-electron chi connectivity index (χ1n) is 5.77. The summed E-state index contributed by atoms with van der Waals surface area (Å²) in [5.41, 5.74) is 0.565. The van der Waals surface area contributed by atoms with Crippen molar-refractivity contribution < 1.29 is 4.79 Å². The summed E-state index contributed by atoms with van der Waals surface area (Å²) >= 11 is 0. The average Bonchev–Trinajstić information content (AvgIpc) is 2.90. The summed E-state index contributed by atoms with van der Waals surface area (Å²) in [6.07, 6.45) is 2.93. The van der Waals surface area contributed by atoms with Gasteiger partial charge in [-0.15, -0.1) is 0 Å². The first-order chi connectivity index (χ1) is 7.75. The zero-order chi connectivity index (χ0) is 11.1. The third-order valence-electron chi connectivity index (χ3n) is 3.64. The van der Waals surface area contributed by atoms with Gasteiger partial charge in [-0.25, -0.2) is 0 Å². The topological polar surface area (TPSA) is 50.2 Å². The van der Waals surface area contributed by atoms with Crippen LogP contribution in [0.4, 0.5) is 0 Å². The van der Waals surface area contributed by atoms with Crippen molar-refractivity contribution in [3.8, 4) is 0 Å². The smallest absolute Gasteiger partial charge is 0.274 e. The van der Waals surface area contributed by atoms with E-state index in [0.29, 0.717) is 17.7 Å². The highest BCUT2D eigenvalue weighted by Crippen LogP contribution is 2.28. The van der Waals surface area contributed by atoms with Crippen LogP contribution in [0.15, 0.2) is 12.3 Å². The zero-order valence-electron chi connectivity index (χ0n) is 9.39. The minimum absolute atomic E-state index is 0.0804. The lowest BCUT2D eigenvalue weighted by Gasteiger charge is -2.22. The second-order valence-electron chi connectivity index (χ2n) is 4.65. The molecule has 2 fully saturated rings. The van der Waals surface area contributed by atoms with Crippen LogP contribution in [0.3, 0.4) is 0 Å². The molecule has 86 valence electrons. The molecule has 1 N–H and O–H groups in total. The number of rotatable bonds is 1. The largest absolute Gasteiger partial charge is 0.333 e. The Kier molecular flexibility index (Phi) is 2.21. The van der Waals surface area contributed by atoms with E-state index in [4.69, 9.17) is 0 Å². The van der Waals surface area contributed by atoms with Crippen LogP contribution in [0.2, 0.25) is 0 Å². The first-order valence-corrected chi connectivity index (χ1v) is 5.77. The van der Waals surface area contributed by atoms with E-state index in [1.165, 1.54) is 0 Å². The van der Waals surface area contributed by atoms with Crippen molar-refractivity contribution in [1.82, 2.24) is 20.0 Å². The zero-order valence-corrected chi connectivity index (χ0v) is 9.39. The number of nitrogens with zero attached hydrogens (tertiary/aromatic N) is 3. The van der Waals surface area contributed by atoms with E-state index in [9.17, 15) is 4.79 Å². The maximum atomic E-state index is 12.2. The summed E-state index contributed by atoms with van der Waals surface area (Å²) in [4.78, 5) is 14.2. The lowest BCUT2D eigenvalue weighted by Crippen LogP contribution is -2.39. The summed E-state index contributed by atoms with van der Waals surface area (Å²) < 4.78 is 1.67. The summed E-state index contributed by atoms with van der Waals surface area (Å²) in [5.74, 6) is 0.726. The second kappa shape index (κ2) is 3.59. The van der Waals surface area contributed by atoms with Crippen LogP contribution in [0.5, 0.6) is 0 Å². The Hall–Kier alpha value is -1.36. The van der Waals surface area contributed by atoms with Gasteiger partial charge in [-0.1, -0.05) is 0 Å². The number of carbonyl (C=O) groups is 1. The maximum Gasteiger partial charge on any atom is 0.274 e. The molecule has 5 heteroatoms. The molecule has 1 amide bonds. The normalized spacial score (nSPS) is 28.4. The fraction of sp³-hybridized carbons (Fsp3) is 0.636. The van der Waals surface area contributed by atoms with Gasteiger partial charge in [-0.3, -0.25) is 9.48 Å². The Morgan fingerprint density at radius 2 is 2.44 bits per heavy atom. The van der Waals surface area contributed by atoms with Crippen molar-refractivity contribution in [2.45, 2.75) is 12.5 Å². The minimum Gasteiger partial charge on any atom is -0.333 e. The fourth-order valence-corrected chi connectivity index (χ4v) is 2.78. The van der Waals surface area contributed by atoms with Crippen LogP contribution >= 0.6 is 0 Å². The molecule has 3 rings (SSSR count). The molecule has 0 bridgehead atoms. The first kappa shape index (κ1) is 9.84. The number of carbonyl (C=O) groups excluding carboxylic acids is 1. The second-order valence-corrected chi connectivity index (χ2v) is 4.65. The summed E-state index contributed by atoms with van der Waals surface area (Å²) in [7, 11) is 1.83. The van der Waals surface area contributed by atoms with E-state index >= 15 is 0 Å². The Labute approximate surface area is 94.4 Å². The van der Waals surface area contributed by atoms with Gasteiger partial charge < -0.3 is 10.2 Å². The number of likely N-dealkylation sites (tertiary alicyclic amines) is 1. The highest BCUT2D eigenvalue weighted by atomic mass is 16.2. The number of fused-ring (bicyclic) bond motifs is 1. The van der Waals surface area contributed by atoms with Crippen LogP contribution in [0.1, 0.15) is 16.9 Å². The molecule has 2 aliphatic heterocycles. The third kappa shape index (κ3) is 1.43. The van der Waals surface area contributed by atoms with E-state index in [1.54, 1.807) is 10.7 Å². The predicted molar refractivity (Wildman–Crippen MR) is 59.0 cm³/mol. The molecule has 3 heterocycles. The molecular formula is C11H16N4O. The molecule has 5 nitrogen and oxygen atoms in total. The molecule has 0 radical (unpaired) electrons. The number of hydrogen-bond donors (Lipinski definition) is 1. The van der Waals surface area contributed by atoms with Crippen LogP contribution < -0.4 is 5.32 Å². The summed E-state index contributed by atoms with van der Waals surface area (Å²) in [5, 5.41) is 7.52. The minimum atomic E-state index is 0.0804. The van der Waals surface area contributed by atoms with Gasteiger partial charge in [0.2, 0.25) is 0 Å². The molecule has 0 aromatic carbocycles. The van der Waals surface area contributed by atoms with Crippen molar-refractivity contribution >= 4 is 5.91 Å². The quantitative estimate of drug-likeness (QED) is 0.716. The van der Waals surface area contributed by atoms with Gasteiger partial charge in [-0.05, 0) is 18.4 Å². The number of nitrogens with one attached hydrogen (secondary N) is 1. The van der Waals surface area contributed by atoms with E-state index < -0.39 is 0 Å². The average molecular weight is 220 g/mol. The van der Waals surface area contributed by atoms with Crippen molar-refractivity contribution in [3.63, 3.8) is 0 Å². The molecule has 2 aliphatic rings. The number of aryl methyl sites for hydroxylation is 1. The lowest BCUT2D eigenvalue weighted by atomic mass is 10.1. The monoisotopic (exact) mass is 220 g/mol. The Morgan fingerprint density at radius 3 is 3.19 bits per heavy atom. The van der Waals surface area contributed by atoms with Gasteiger partial charge in [0, 0.05) is 38.9 Å². The van der Waals surface area contributed by atoms with Gasteiger partial charge in [0.05, 0.1) is 0 Å². The Bertz CT molecular complexity index is 414. The molecule has 0 spiro atoms. The standard InChI is InChI=1S/C11H16N4O/c1-14-4-3-9(13-14)11(16)15-5-2-8-6-12-7-10(8)15/h3-4,8,10,12H,2,5-7H2,1H3/t8-,10+/m0/s1. The van der Waals surface area contributed by atoms with Crippen molar-refractivity contribution in [2.24, 2.45) is 13.0 Å². The molecule has 2 atom stereocenters. The summed E-state index contributed by atoms with van der Waals surface area (Å²) in [6, 6.07) is 2.17. The van der Waals surface area contributed by atoms with Crippen LogP contribution in [-0.4, -0.2) is 46.3 Å². The van der Waals surface area contributed by atoms with Crippen molar-refractivity contribution in [2.75, 3.05) is 19.6 Å². The molecule has 0 saturated carbocycles. The molecule has 16 heavy (non-hydrogen) atoms. The summed E-state index contributed by atoms with van der Waals surface area (Å²) in [6.45, 7) is 2.87. The van der Waals surface area contributed by atoms with Gasteiger partial charge in [0.1, 0.15) is 5.69 Å². The molecule has 2 saturated heterocycles. The van der Waals surface area contributed by atoms with E-state index in [2.05, 4.69) is 10.4 Å².